The van der Waals surface area contributed by atoms with Crippen LogP contribution in [0.15, 0.2) is 64.2 Å². The Hall–Kier alpha value is -2.86. The number of phenolic OH excluding ortho intramolecular Hbond substituents is 1. The van der Waals surface area contributed by atoms with Gasteiger partial charge in [0.05, 0.1) is 6.21 Å². The van der Waals surface area contributed by atoms with Crippen LogP contribution in [0, 0.1) is 13.8 Å². The van der Waals surface area contributed by atoms with Gasteiger partial charge in [0.25, 0.3) is 5.91 Å². The van der Waals surface area contributed by atoms with Gasteiger partial charge in [-0.05, 0) is 68.4 Å². The Morgan fingerprint density at radius 1 is 1.12 bits per heavy atom. The third-order valence-corrected chi connectivity index (χ3v) is 4.58. The van der Waals surface area contributed by atoms with Gasteiger partial charge < -0.3 is 9.67 Å². The van der Waals surface area contributed by atoms with Gasteiger partial charge in [0, 0.05) is 32.7 Å². The van der Waals surface area contributed by atoms with Crippen LogP contribution in [0.5, 0.6) is 5.75 Å². The predicted molar refractivity (Wildman–Crippen MR) is 106 cm³/mol. The van der Waals surface area contributed by atoms with E-state index in [1.807, 2.05) is 44.2 Å². The van der Waals surface area contributed by atoms with Crippen LogP contribution in [-0.2, 0) is 0 Å². The van der Waals surface area contributed by atoms with Crippen molar-refractivity contribution >= 4 is 28.1 Å². The van der Waals surface area contributed by atoms with Crippen molar-refractivity contribution in [1.29, 1.82) is 0 Å². The van der Waals surface area contributed by atoms with Crippen LogP contribution in [0.4, 0.5) is 0 Å². The van der Waals surface area contributed by atoms with Gasteiger partial charge in [0.15, 0.2) is 0 Å². The molecule has 1 amide bonds. The van der Waals surface area contributed by atoms with Gasteiger partial charge in [-0.1, -0.05) is 15.9 Å². The molecule has 0 spiro atoms. The first-order valence-electron chi connectivity index (χ1n) is 8.03. The highest BCUT2D eigenvalue weighted by molar-refractivity contribution is 9.10. The molecular weight excluding hydrogens is 394 g/mol. The number of phenols is 1. The maximum absolute atomic E-state index is 12.0. The molecule has 3 aromatic rings. The van der Waals surface area contributed by atoms with E-state index in [0.29, 0.717) is 5.56 Å². The Labute approximate surface area is 160 Å². The molecule has 0 aliphatic rings. The van der Waals surface area contributed by atoms with Crippen molar-refractivity contribution in [3.8, 4) is 11.4 Å². The summed E-state index contributed by atoms with van der Waals surface area (Å²) in [5.41, 5.74) is 7.04. The van der Waals surface area contributed by atoms with Crippen molar-refractivity contribution < 1.29 is 9.90 Å². The Kier molecular flexibility index (Phi) is 5.23. The summed E-state index contributed by atoms with van der Waals surface area (Å²) in [5, 5.41) is 13.3. The lowest BCUT2D eigenvalue weighted by Crippen LogP contribution is -2.17. The van der Waals surface area contributed by atoms with E-state index in [0.717, 1.165) is 27.1 Å². The zero-order chi connectivity index (χ0) is 18.7. The highest BCUT2D eigenvalue weighted by Crippen LogP contribution is 2.21. The summed E-state index contributed by atoms with van der Waals surface area (Å²) < 4.78 is 3.16. The van der Waals surface area contributed by atoms with Crippen LogP contribution in [-0.4, -0.2) is 21.8 Å². The lowest BCUT2D eigenvalue weighted by molar-refractivity contribution is 0.0955. The lowest BCUT2D eigenvalue weighted by Gasteiger charge is -2.09. The van der Waals surface area contributed by atoms with Crippen molar-refractivity contribution in [2.24, 2.45) is 5.10 Å². The molecule has 26 heavy (non-hydrogen) atoms. The number of aromatic nitrogens is 1. The zero-order valence-electron chi connectivity index (χ0n) is 14.4. The van der Waals surface area contributed by atoms with Crippen LogP contribution >= 0.6 is 15.9 Å². The Morgan fingerprint density at radius 3 is 2.42 bits per heavy atom. The predicted octanol–water partition coefficient (Wildman–Crippen LogP) is 4.33. The first-order chi connectivity index (χ1) is 12.5. The molecule has 2 N–H and O–H groups in total. The molecular formula is C20H18BrN3O2. The number of amides is 1. The largest absolute Gasteiger partial charge is 0.508 e. The van der Waals surface area contributed by atoms with Crippen molar-refractivity contribution in [2.45, 2.75) is 13.8 Å². The number of halogens is 1. The third kappa shape index (κ3) is 3.86. The van der Waals surface area contributed by atoms with Crippen LogP contribution in [0.25, 0.3) is 5.69 Å². The number of carbonyl (C=O) groups excluding carboxylic acids is 1. The van der Waals surface area contributed by atoms with E-state index in [4.69, 9.17) is 0 Å². The monoisotopic (exact) mass is 411 g/mol. The lowest BCUT2D eigenvalue weighted by atomic mass is 10.2. The van der Waals surface area contributed by atoms with Crippen molar-refractivity contribution in [3.63, 3.8) is 0 Å². The highest BCUT2D eigenvalue weighted by Gasteiger charge is 2.10. The number of aryl methyl sites for hydroxylation is 1. The number of hydrogen-bond donors (Lipinski definition) is 2. The Bertz CT molecular complexity index is 958. The number of benzene rings is 2. The van der Waals surface area contributed by atoms with Crippen LogP contribution < -0.4 is 5.43 Å². The van der Waals surface area contributed by atoms with Gasteiger partial charge in [-0.2, -0.15) is 5.10 Å². The fraction of sp³-hybridized carbons (Fsp3) is 0.100. The summed E-state index contributed by atoms with van der Waals surface area (Å²) >= 11 is 3.45. The molecule has 132 valence electrons. The summed E-state index contributed by atoms with van der Waals surface area (Å²) in [6, 6.07) is 16.1. The molecule has 0 aliphatic carbocycles. The minimum atomic E-state index is -0.331. The summed E-state index contributed by atoms with van der Waals surface area (Å²) in [6.45, 7) is 4.04. The smallest absolute Gasteiger partial charge is 0.271 e. The second-order valence-electron chi connectivity index (χ2n) is 5.88. The van der Waals surface area contributed by atoms with Gasteiger partial charge in [-0.15, -0.1) is 0 Å². The van der Waals surface area contributed by atoms with Crippen molar-refractivity contribution in [3.05, 3.63) is 81.6 Å². The SMILES string of the molecule is Cc1cc(C=NNC(=O)c2ccc(O)cc2)c(C)n1-c1ccc(Br)cc1. The minimum absolute atomic E-state index is 0.116. The van der Waals surface area contributed by atoms with E-state index in [-0.39, 0.29) is 11.7 Å². The van der Waals surface area contributed by atoms with Gasteiger partial charge in [-0.25, -0.2) is 5.43 Å². The van der Waals surface area contributed by atoms with Crippen molar-refractivity contribution in [2.75, 3.05) is 0 Å². The summed E-state index contributed by atoms with van der Waals surface area (Å²) in [7, 11) is 0. The molecule has 0 bridgehead atoms. The fourth-order valence-corrected chi connectivity index (χ4v) is 3.01. The van der Waals surface area contributed by atoms with Gasteiger partial charge in [-0.3, -0.25) is 4.79 Å². The molecule has 2 aromatic carbocycles. The molecule has 0 fully saturated rings. The molecule has 5 nitrogen and oxygen atoms in total. The highest BCUT2D eigenvalue weighted by atomic mass is 79.9. The van der Waals surface area contributed by atoms with Gasteiger partial charge >= 0.3 is 0 Å². The third-order valence-electron chi connectivity index (χ3n) is 4.05. The molecule has 0 atom stereocenters. The topological polar surface area (TPSA) is 66.6 Å². The Balaban J connectivity index is 1.77. The molecule has 0 aliphatic heterocycles. The van der Waals surface area contributed by atoms with Gasteiger partial charge in [0.2, 0.25) is 0 Å². The average Bonchev–Trinajstić information content (AvgIpc) is 2.90. The Morgan fingerprint density at radius 2 is 1.77 bits per heavy atom. The zero-order valence-corrected chi connectivity index (χ0v) is 16.0. The maximum atomic E-state index is 12.0. The van der Waals surface area contributed by atoms with Crippen LogP contribution in [0.3, 0.4) is 0 Å². The number of hydrogen-bond acceptors (Lipinski definition) is 3. The van der Waals surface area contributed by atoms with Crippen molar-refractivity contribution in [1.82, 2.24) is 9.99 Å². The molecule has 6 heteroatoms. The fourth-order valence-electron chi connectivity index (χ4n) is 2.74. The van der Waals surface area contributed by atoms with Crippen LogP contribution in [0.1, 0.15) is 27.3 Å². The summed E-state index contributed by atoms with van der Waals surface area (Å²) in [5.74, 6) is -0.214. The summed E-state index contributed by atoms with van der Waals surface area (Å²) in [4.78, 5) is 12.0. The van der Waals surface area contributed by atoms with Gasteiger partial charge in [0.1, 0.15) is 5.75 Å². The molecule has 0 saturated heterocycles. The summed E-state index contributed by atoms with van der Waals surface area (Å²) in [6.07, 6.45) is 1.63. The van der Waals surface area contributed by atoms with E-state index in [9.17, 15) is 9.90 Å². The van der Waals surface area contributed by atoms with E-state index in [2.05, 4.69) is 31.0 Å². The number of carbonyl (C=O) groups is 1. The normalized spacial score (nSPS) is 11.0. The molecule has 3 rings (SSSR count). The van der Waals surface area contributed by atoms with Crippen LogP contribution in [0.2, 0.25) is 0 Å². The molecule has 0 unspecified atom stereocenters. The first kappa shape index (κ1) is 17.9. The van der Waals surface area contributed by atoms with E-state index < -0.39 is 0 Å². The van der Waals surface area contributed by atoms with E-state index in [1.165, 1.54) is 12.1 Å². The molecule has 1 aromatic heterocycles. The average molecular weight is 412 g/mol. The quantitative estimate of drug-likeness (QED) is 0.495. The number of hydrazone groups is 1. The number of aromatic hydroxyl groups is 1. The number of rotatable bonds is 4. The second-order valence-corrected chi connectivity index (χ2v) is 6.80. The van der Waals surface area contributed by atoms with E-state index in [1.54, 1.807) is 18.3 Å². The van der Waals surface area contributed by atoms with E-state index >= 15 is 0 Å². The standard InChI is InChI=1S/C20H18BrN3O2/c1-13-11-16(14(2)24(13)18-7-5-17(21)6-8-18)12-22-23-20(26)15-3-9-19(25)10-4-15/h3-12,25H,1-2H3,(H,23,26). The molecule has 0 saturated carbocycles. The minimum Gasteiger partial charge on any atom is -0.508 e. The number of nitrogens with zero attached hydrogens (tertiary/aromatic N) is 2. The maximum Gasteiger partial charge on any atom is 0.271 e. The number of nitrogens with one attached hydrogen (secondary N) is 1. The second kappa shape index (κ2) is 7.58. The molecule has 1 heterocycles. The first-order valence-corrected chi connectivity index (χ1v) is 8.82. The molecule has 0 radical (unpaired) electrons.